The van der Waals surface area contributed by atoms with Gasteiger partial charge in [0.1, 0.15) is 5.82 Å². The first-order valence-electron chi connectivity index (χ1n) is 11.3. The van der Waals surface area contributed by atoms with Crippen LogP contribution in [0.2, 0.25) is 0 Å². The van der Waals surface area contributed by atoms with Crippen LogP contribution in [-0.2, 0) is 9.59 Å². The van der Waals surface area contributed by atoms with E-state index in [9.17, 15) is 9.59 Å². The molecule has 8 nitrogen and oxygen atoms in total. The molecule has 3 aromatic rings. The number of aromatic amines is 1. The van der Waals surface area contributed by atoms with Gasteiger partial charge in [-0.25, -0.2) is 4.98 Å². The highest BCUT2D eigenvalue weighted by Gasteiger charge is 2.26. The summed E-state index contributed by atoms with van der Waals surface area (Å²) in [6, 6.07) is 7.78. The molecule has 2 aromatic heterocycles. The molecule has 0 saturated carbocycles. The number of piperidine rings is 1. The van der Waals surface area contributed by atoms with Gasteiger partial charge in [-0.1, -0.05) is 0 Å². The number of hydrogen-bond acceptors (Lipinski definition) is 4. The molecule has 1 fully saturated rings. The number of aryl methyl sites for hydroxylation is 3. The predicted octanol–water partition coefficient (Wildman–Crippen LogP) is 3.90. The van der Waals surface area contributed by atoms with E-state index in [4.69, 9.17) is 0 Å². The zero-order chi connectivity index (χ0) is 22.8. The van der Waals surface area contributed by atoms with Gasteiger partial charge in [0, 0.05) is 37.3 Å². The molecule has 2 amide bonds. The van der Waals surface area contributed by atoms with Crippen LogP contribution in [0.1, 0.15) is 55.9 Å². The van der Waals surface area contributed by atoms with Gasteiger partial charge in [0.2, 0.25) is 11.8 Å². The number of amides is 2. The summed E-state index contributed by atoms with van der Waals surface area (Å²) in [6.45, 7) is 9.35. The zero-order valence-corrected chi connectivity index (χ0v) is 19.3. The number of carbonyl (C=O) groups excluding carboxylic acids is 2. The fourth-order valence-corrected chi connectivity index (χ4v) is 4.64. The molecule has 1 saturated heterocycles. The summed E-state index contributed by atoms with van der Waals surface area (Å²) in [7, 11) is 0. The highest BCUT2D eigenvalue weighted by atomic mass is 16.2. The second kappa shape index (κ2) is 9.14. The number of carbonyl (C=O) groups is 2. The van der Waals surface area contributed by atoms with Crippen LogP contribution in [-0.4, -0.2) is 49.6 Å². The SMILES string of the molecule is Cc1cc(C)n(C(C)CC(=O)N2CCC(CC(=O)Nc3ccc4nc(C)[nH]c4c3)CC2)n1. The van der Waals surface area contributed by atoms with E-state index in [0.29, 0.717) is 31.8 Å². The van der Waals surface area contributed by atoms with Gasteiger partial charge in [0.25, 0.3) is 0 Å². The van der Waals surface area contributed by atoms with Crippen molar-refractivity contribution in [2.45, 2.75) is 59.4 Å². The Bertz CT molecular complexity index is 1120. The molecule has 0 aliphatic carbocycles. The summed E-state index contributed by atoms with van der Waals surface area (Å²) in [5, 5.41) is 7.50. The normalized spacial score (nSPS) is 15.8. The number of nitrogens with zero attached hydrogens (tertiary/aromatic N) is 4. The van der Waals surface area contributed by atoms with Crippen LogP contribution < -0.4 is 5.32 Å². The van der Waals surface area contributed by atoms with Crippen molar-refractivity contribution < 1.29 is 9.59 Å². The lowest BCUT2D eigenvalue weighted by molar-refractivity contribution is -0.133. The average Bonchev–Trinajstić information content (AvgIpc) is 3.28. The van der Waals surface area contributed by atoms with Crippen molar-refractivity contribution in [2.24, 2.45) is 5.92 Å². The smallest absolute Gasteiger partial charge is 0.224 e. The summed E-state index contributed by atoms with van der Waals surface area (Å²) >= 11 is 0. The van der Waals surface area contributed by atoms with Crippen LogP contribution in [0.4, 0.5) is 5.69 Å². The van der Waals surface area contributed by atoms with E-state index < -0.39 is 0 Å². The van der Waals surface area contributed by atoms with Gasteiger partial charge < -0.3 is 15.2 Å². The van der Waals surface area contributed by atoms with Crippen LogP contribution in [0, 0.1) is 26.7 Å². The molecule has 170 valence electrons. The largest absolute Gasteiger partial charge is 0.343 e. The monoisotopic (exact) mass is 436 g/mol. The van der Waals surface area contributed by atoms with Crippen LogP contribution in [0.25, 0.3) is 11.0 Å². The molecule has 8 heteroatoms. The second-order valence-corrected chi connectivity index (χ2v) is 9.06. The third kappa shape index (κ3) is 5.00. The third-order valence-corrected chi connectivity index (χ3v) is 6.26. The molecular weight excluding hydrogens is 404 g/mol. The summed E-state index contributed by atoms with van der Waals surface area (Å²) in [5.41, 5.74) is 4.64. The van der Waals surface area contributed by atoms with Gasteiger partial charge in [-0.05, 0) is 70.7 Å². The van der Waals surface area contributed by atoms with Crippen molar-refractivity contribution in [2.75, 3.05) is 18.4 Å². The average molecular weight is 437 g/mol. The van der Waals surface area contributed by atoms with E-state index in [2.05, 4.69) is 20.4 Å². The minimum absolute atomic E-state index is 0.0171. The maximum atomic E-state index is 12.8. The lowest BCUT2D eigenvalue weighted by Gasteiger charge is -2.32. The van der Waals surface area contributed by atoms with Crippen molar-refractivity contribution in [3.8, 4) is 0 Å². The number of imidazole rings is 1. The van der Waals surface area contributed by atoms with Gasteiger partial charge in [-0.3, -0.25) is 14.3 Å². The molecule has 1 atom stereocenters. The molecule has 1 aliphatic rings. The number of hydrogen-bond donors (Lipinski definition) is 2. The molecule has 1 unspecified atom stereocenters. The highest BCUT2D eigenvalue weighted by Crippen LogP contribution is 2.24. The topological polar surface area (TPSA) is 95.9 Å². The summed E-state index contributed by atoms with van der Waals surface area (Å²) in [4.78, 5) is 34.8. The van der Waals surface area contributed by atoms with Crippen LogP contribution in [0.15, 0.2) is 24.3 Å². The fourth-order valence-electron chi connectivity index (χ4n) is 4.64. The fraction of sp³-hybridized carbons (Fsp3) is 0.500. The Labute approximate surface area is 188 Å². The van der Waals surface area contributed by atoms with Gasteiger partial charge in [0.05, 0.1) is 22.8 Å². The number of nitrogens with one attached hydrogen (secondary N) is 2. The van der Waals surface area contributed by atoms with Crippen molar-refractivity contribution in [3.63, 3.8) is 0 Å². The van der Waals surface area contributed by atoms with E-state index in [1.165, 1.54) is 0 Å². The minimum Gasteiger partial charge on any atom is -0.343 e. The molecule has 3 heterocycles. The Kier molecular flexibility index (Phi) is 6.30. The Balaban J connectivity index is 1.24. The van der Waals surface area contributed by atoms with Crippen molar-refractivity contribution in [1.29, 1.82) is 0 Å². The maximum absolute atomic E-state index is 12.8. The third-order valence-electron chi connectivity index (χ3n) is 6.26. The Morgan fingerprint density at radius 2 is 1.94 bits per heavy atom. The Morgan fingerprint density at radius 1 is 1.19 bits per heavy atom. The summed E-state index contributed by atoms with van der Waals surface area (Å²) in [5.74, 6) is 1.33. The first kappa shape index (κ1) is 22.0. The van der Waals surface area contributed by atoms with Gasteiger partial charge in [-0.2, -0.15) is 5.10 Å². The second-order valence-electron chi connectivity index (χ2n) is 9.06. The predicted molar refractivity (Wildman–Crippen MR) is 124 cm³/mol. The summed E-state index contributed by atoms with van der Waals surface area (Å²) < 4.78 is 1.94. The molecule has 32 heavy (non-hydrogen) atoms. The molecule has 1 aromatic carbocycles. The van der Waals surface area contributed by atoms with Crippen molar-refractivity contribution in [1.82, 2.24) is 24.6 Å². The minimum atomic E-state index is 0.0171. The van der Waals surface area contributed by atoms with E-state index in [1.54, 1.807) is 0 Å². The molecule has 0 radical (unpaired) electrons. The molecule has 2 N–H and O–H groups in total. The van der Waals surface area contributed by atoms with Gasteiger partial charge >= 0.3 is 0 Å². The number of aromatic nitrogens is 4. The number of rotatable bonds is 6. The summed E-state index contributed by atoms with van der Waals surface area (Å²) in [6.07, 6.45) is 2.63. The lowest BCUT2D eigenvalue weighted by atomic mass is 9.93. The Hall–Kier alpha value is -3.16. The molecular formula is C24H32N6O2. The highest BCUT2D eigenvalue weighted by molar-refractivity contribution is 5.93. The van der Waals surface area contributed by atoms with Crippen molar-refractivity contribution >= 4 is 28.5 Å². The number of likely N-dealkylation sites (tertiary alicyclic amines) is 1. The Morgan fingerprint density at radius 3 is 2.62 bits per heavy atom. The molecule has 1 aliphatic heterocycles. The van der Waals surface area contributed by atoms with Crippen molar-refractivity contribution in [3.05, 3.63) is 41.5 Å². The quantitative estimate of drug-likeness (QED) is 0.612. The van der Waals surface area contributed by atoms with E-state index in [-0.39, 0.29) is 17.9 Å². The first-order chi connectivity index (χ1) is 15.3. The number of H-pyrrole nitrogens is 1. The molecule has 4 rings (SSSR count). The van der Waals surface area contributed by atoms with Crippen LogP contribution in [0.3, 0.4) is 0 Å². The first-order valence-corrected chi connectivity index (χ1v) is 11.3. The standard InChI is InChI=1S/C24H32N6O2/c1-15-11-16(2)30(28-15)17(3)12-24(32)29-9-7-19(8-10-29)13-23(31)27-20-5-6-21-22(14-20)26-18(4)25-21/h5-6,11,14,17,19H,7-10,12-13H2,1-4H3,(H,25,26)(H,27,31). The number of benzene rings is 1. The molecule has 0 spiro atoms. The maximum Gasteiger partial charge on any atom is 0.224 e. The van der Waals surface area contributed by atoms with E-state index in [1.807, 2.05) is 61.5 Å². The van der Waals surface area contributed by atoms with Gasteiger partial charge in [0.15, 0.2) is 0 Å². The molecule has 0 bridgehead atoms. The zero-order valence-electron chi connectivity index (χ0n) is 19.3. The number of anilines is 1. The number of fused-ring (bicyclic) bond motifs is 1. The van der Waals surface area contributed by atoms with Crippen LogP contribution >= 0.6 is 0 Å². The van der Waals surface area contributed by atoms with E-state index in [0.717, 1.165) is 46.8 Å². The van der Waals surface area contributed by atoms with E-state index >= 15 is 0 Å². The lowest BCUT2D eigenvalue weighted by Crippen LogP contribution is -2.40. The van der Waals surface area contributed by atoms with Gasteiger partial charge in [-0.15, -0.1) is 0 Å². The van der Waals surface area contributed by atoms with Crippen LogP contribution in [0.5, 0.6) is 0 Å².